The zero-order chi connectivity index (χ0) is 25.4. The van der Waals surface area contributed by atoms with Crippen LogP contribution >= 0.6 is 24.8 Å². The van der Waals surface area contributed by atoms with Crippen molar-refractivity contribution in [1.29, 1.82) is 0 Å². The Labute approximate surface area is 240 Å². The Morgan fingerprint density at radius 2 is 1.67 bits per heavy atom. The van der Waals surface area contributed by atoms with E-state index >= 15 is 0 Å². The van der Waals surface area contributed by atoms with Gasteiger partial charge in [0, 0.05) is 54.9 Å². The number of ether oxygens (including phenoxy) is 1. The van der Waals surface area contributed by atoms with Gasteiger partial charge >= 0.3 is 5.97 Å². The number of imidazole rings is 1. The van der Waals surface area contributed by atoms with Gasteiger partial charge in [-0.15, -0.1) is 24.8 Å². The molecule has 0 spiro atoms. The number of carbonyl (C=O) groups is 1. The number of nitrogens with zero attached hydrogens (tertiary/aromatic N) is 5. The third kappa shape index (κ3) is 5.53. The molecular formula is C30H33Cl2N5O2. The summed E-state index contributed by atoms with van der Waals surface area (Å²) in [5, 5.41) is 2.43. The third-order valence-electron chi connectivity index (χ3n) is 7.37. The van der Waals surface area contributed by atoms with Crippen LogP contribution in [0.1, 0.15) is 28.7 Å². The molecule has 0 N–H and O–H groups in total. The molecule has 39 heavy (non-hydrogen) atoms. The van der Waals surface area contributed by atoms with Crippen LogP contribution in [0.25, 0.3) is 27.3 Å². The van der Waals surface area contributed by atoms with Gasteiger partial charge in [0.1, 0.15) is 6.33 Å². The fourth-order valence-electron chi connectivity index (χ4n) is 5.46. The number of fused-ring (bicyclic) bond motifs is 4. The van der Waals surface area contributed by atoms with Crippen molar-refractivity contribution < 1.29 is 9.53 Å². The summed E-state index contributed by atoms with van der Waals surface area (Å²) in [7, 11) is 0. The van der Waals surface area contributed by atoms with Crippen LogP contribution in [0.5, 0.6) is 0 Å². The van der Waals surface area contributed by atoms with Gasteiger partial charge in [-0.05, 0) is 62.2 Å². The van der Waals surface area contributed by atoms with Crippen LogP contribution in [0.2, 0.25) is 0 Å². The molecule has 3 aromatic heterocycles. The standard InChI is InChI=1S/C30H31N5O2.2ClH/c1-3-37-30(36)29-28-13-12-23-22(6-4-9-27(23)35(28)20-31-29)14-15-33-16-18-34(19-17-33)26-8-5-7-25-24(26)11-10-21(2)32-25;;/h4-13,20H,3,14-19H2,1-2H3;2*1H. The molecule has 0 atom stereocenters. The Morgan fingerprint density at radius 3 is 2.46 bits per heavy atom. The summed E-state index contributed by atoms with van der Waals surface area (Å²) in [5.74, 6) is -0.380. The van der Waals surface area contributed by atoms with E-state index < -0.39 is 0 Å². The molecule has 0 bridgehead atoms. The number of benzene rings is 2. The predicted octanol–water partition coefficient (Wildman–Crippen LogP) is 5.73. The number of anilines is 1. The Kier molecular flexibility index (Phi) is 8.95. The SMILES string of the molecule is CCOC(=O)c1ncn2c1ccc1c(CCN3CCN(c4cccc5nc(C)ccc45)CC3)cccc12.Cl.Cl. The van der Waals surface area contributed by atoms with Crippen molar-refractivity contribution in [3.05, 3.63) is 83.9 Å². The molecule has 1 fully saturated rings. The largest absolute Gasteiger partial charge is 0.461 e. The highest BCUT2D eigenvalue weighted by molar-refractivity contribution is 5.97. The molecule has 1 saturated heterocycles. The molecule has 4 heterocycles. The molecule has 204 valence electrons. The molecular weight excluding hydrogens is 533 g/mol. The van der Waals surface area contributed by atoms with E-state index in [9.17, 15) is 4.79 Å². The van der Waals surface area contributed by atoms with Crippen LogP contribution in [0.4, 0.5) is 5.69 Å². The minimum absolute atomic E-state index is 0. The Morgan fingerprint density at radius 1 is 0.897 bits per heavy atom. The quantitative estimate of drug-likeness (QED) is 0.245. The van der Waals surface area contributed by atoms with E-state index in [0.717, 1.165) is 61.4 Å². The van der Waals surface area contributed by atoms with E-state index in [2.05, 4.69) is 69.4 Å². The van der Waals surface area contributed by atoms with E-state index in [1.54, 1.807) is 13.3 Å². The highest BCUT2D eigenvalue weighted by Gasteiger charge is 2.20. The Bertz CT molecular complexity index is 1610. The van der Waals surface area contributed by atoms with Gasteiger partial charge < -0.3 is 9.64 Å². The zero-order valence-electron chi connectivity index (χ0n) is 22.2. The molecule has 0 radical (unpaired) electrons. The van der Waals surface area contributed by atoms with Crippen molar-refractivity contribution in [1.82, 2.24) is 19.3 Å². The van der Waals surface area contributed by atoms with Crippen LogP contribution in [0, 0.1) is 6.92 Å². The number of hydrogen-bond acceptors (Lipinski definition) is 6. The van der Waals surface area contributed by atoms with Gasteiger partial charge in [-0.25, -0.2) is 9.78 Å². The van der Waals surface area contributed by atoms with E-state index in [0.29, 0.717) is 12.3 Å². The van der Waals surface area contributed by atoms with Gasteiger partial charge in [0.15, 0.2) is 5.69 Å². The van der Waals surface area contributed by atoms with Gasteiger partial charge in [0.05, 0.1) is 23.2 Å². The monoisotopic (exact) mass is 565 g/mol. The van der Waals surface area contributed by atoms with Gasteiger partial charge in [-0.3, -0.25) is 14.3 Å². The smallest absolute Gasteiger partial charge is 0.359 e. The average Bonchev–Trinajstić information content (AvgIpc) is 3.37. The fraction of sp³-hybridized carbons (Fsp3) is 0.300. The van der Waals surface area contributed by atoms with Crippen molar-refractivity contribution in [2.75, 3.05) is 44.2 Å². The summed E-state index contributed by atoms with van der Waals surface area (Å²) in [4.78, 5) is 26.4. The molecule has 5 aromatic rings. The third-order valence-corrected chi connectivity index (χ3v) is 7.37. The minimum atomic E-state index is -0.380. The van der Waals surface area contributed by atoms with Crippen LogP contribution in [-0.4, -0.2) is 64.6 Å². The molecule has 0 saturated carbocycles. The van der Waals surface area contributed by atoms with E-state index in [-0.39, 0.29) is 30.8 Å². The maximum absolute atomic E-state index is 12.3. The number of piperazine rings is 1. The lowest BCUT2D eigenvalue weighted by Gasteiger charge is -2.36. The number of aromatic nitrogens is 3. The first-order valence-electron chi connectivity index (χ1n) is 13.0. The normalized spacial score (nSPS) is 13.8. The number of carbonyl (C=O) groups excluding carboxylic acids is 1. The molecule has 0 aliphatic carbocycles. The number of rotatable bonds is 6. The number of pyridine rings is 2. The highest BCUT2D eigenvalue weighted by Crippen LogP contribution is 2.28. The van der Waals surface area contributed by atoms with Gasteiger partial charge in [0.2, 0.25) is 0 Å². The van der Waals surface area contributed by atoms with E-state index in [4.69, 9.17) is 9.72 Å². The molecule has 0 unspecified atom stereocenters. The second kappa shape index (κ2) is 12.2. The number of aryl methyl sites for hydroxylation is 1. The van der Waals surface area contributed by atoms with Crippen molar-refractivity contribution in [3.63, 3.8) is 0 Å². The summed E-state index contributed by atoms with van der Waals surface area (Å²) in [6, 6.07) is 21.2. The topological polar surface area (TPSA) is 63.0 Å². The first-order valence-corrected chi connectivity index (χ1v) is 13.0. The molecule has 7 nitrogen and oxygen atoms in total. The maximum Gasteiger partial charge on any atom is 0.359 e. The molecule has 6 rings (SSSR count). The van der Waals surface area contributed by atoms with Crippen molar-refractivity contribution in [3.8, 4) is 0 Å². The van der Waals surface area contributed by atoms with Gasteiger partial charge in [0.25, 0.3) is 0 Å². The summed E-state index contributed by atoms with van der Waals surface area (Å²) < 4.78 is 7.16. The summed E-state index contributed by atoms with van der Waals surface area (Å²) in [6.07, 6.45) is 2.69. The predicted molar refractivity (Wildman–Crippen MR) is 162 cm³/mol. The number of esters is 1. The Balaban J connectivity index is 0.00000176. The van der Waals surface area contributed by atoms with Gasteiger partial charge in [-0.1, -0.05) is 24.3 Å². The summed E-state index contributed by atoms with van der Waals surface area (Å²) >= 11 is 0. The lowest BCUT2D eigenvalue weighted by atomic mass is 10.0. The second-order valence-electron chi connectivity index (χ2n) is 9.63. The number of hydrogen-bond donors (Lipinski definition) is 0. The van der Waals surface area contributed by atoms with E-state index in [1.165, 1.54) is 22.0 Å². The van der Waals surface area contributed by atoms with Crippen LogP contribution in [0.3, 0.4) is 0 Å². The first-order chi connectivity index (χ1) is 18.1. The molecule has 9 heteroatoms. The highest BCUT2D eigenvalue weighted by atomic mass is 35.5. The average molecular weight is 567 g/mol. The fourth-order valence-corrected chi connectivity index (χ4v) is 5.46. The Hall–Kier alpha value is -3.39. The van der Waals surface area contributed by atoms with Crippen LogP contribution < -0.4 is 4.90 Å². The van der Waals surface area contributed by atoms with E-state index in [1.807, 2.05) is 17.4 Å². The van der Waals surface area contributed by atoms with Crippen LogP contribution in [-0.2, 0) is 11.2 Å². The lowest BCUT2D eigenvalue weighted by Crippen LogP contribution is -2.47. The second-order valence-corrected chi connectivity index (χ2v) is 9.63. The first kappa shape index (κ1) is 28.6. The zero-order valence-corrected chi connectivity index (χ0v) is 23.8. The summed E-state index contributed by atoms with van der Waals surface area (Å²) in [5.41, 5.74) is 6.91. The van der Waals surface area contributed by atoms with Crippen molar-refractivity contribution in [2.45, 2.75) is 20.3 Å². The number of halogens is 2. The summed E-state index contributed by atoms with van der Waals surface area (Å²) in [6.45, 7) is 9.29. The van der Waals surface area contributed by atoms with Crippen LogP contribution in [0.15, 0.2) is 67.0 Å². The van der Waals surface area contributed by atoms with Crippen molar-refractivity contribution >= 4 is 63.8 Å². The van der Waals surface area contributed by atoms with Gasteiger partial charge in [-0.2, -0.15) is 0 Å². The molecule has 1 aliphatic heterocycles. The van der Waals surface area contributed by atoms with Crippen molar-refractivity contribution in [2.24, 2.45) is 0 Å². The molecule has 1 aliphatic rings. The lowest BCUT2D eigenvalue weighted by molar-refractivity contribution is 0.0522. The maximum atomic E-state index is 12.3. The molecule has 0 amide bonds. The minimum Gasteiger partial charge on any atom is -0.461 e. The molecule has 2 aromatic carbocycles.